The van der Waals surface area contributed by atoms with E-state index in [1.807, 2.05) is 0 Å². The highest BCUT2D eigenvalue weighted by atomic mass is 16.5. The Labute approximate surface area is 108 Å². The van der Waals surface area contributed by atoms with Crippen LogP contribution in [0.5, 0.6) is 5.75 Å². The van der Waals surface area contributed by atoms with Crippen LogP contribution in [0.2, 0.25) is 0 Å². The number of benzene rings is 1. The average Bonchev–Trinajstić information content (AvgIpc) is 2.31. The molecule has 0 unspecified atom stereocenters. The Morgan fingerprint density at radius 1 is 1.44 bits per heavy atom. The highest BCUT2D eigenvalue weighted by molar-refractivity contribution is 5.94. The molecule has 4 nitrogen and oxygen atoms in total. The number of carbonyl (C=O) groups excluding carboxylic acids is 1. The molecular weight excluding hydrogens is 230 g/mol. The lowest BCUT2D eigenvalue weighted by Crippen LogP contribution is -2.27. The molecule has 2 N–H and O–H groups in total. The highest BCUT2D eigenvalue weighted by Gasteiger charge is 2.06. The maximum atomic E-state index is 11.8. The van der Waals surface area contributed by atoms with Crippen LogP contribution in [0.3, 0.4) is 0 Å². The second kappa shape index (κ2) is 7.01. The molecule has 0 spiro atoms. The standard InChI is InChI=1S/C14H21NO3/c1-10(2)9-18-7-6-15-14(17)12-4-5-13(16)11(3)8-12/h4-5,8,10,16H,6-7,9H2,1-3H3,(H,15,17). The third kappa shape index (κ3) is 4.75. The summed E-state index contributed by atoms with van der Waals surface area (Å²) in [5, 5.41) is 12.1. The van der Waals surface area contributed by atoms with Crippen LogP contribution in [-0.4, -0.2) is 30.8 Å². The fourth-order valence-electron chi connectivity index (χ4n) is 1.45. The number of amides is 1. The fraction of sp³-hybridized carbons (Fsp3) is 0.500. The van der Waals surface area contributed by atoms with Crippen LogP contribution in [0, 0.1) is 12.8 Å². The van der Waals surface area contributed by atoms with Gasteiger partial charge < -0.3 is 15.2 Å². The Hall–Kier alpha value is -1.55. The maximum Gasteiger partial charge on any atom is 0.251 e. The van der Waals surface area contributed by atoms with Gasteiger partial charge in [-0.1, -0.05) is 13.8 Å². The van der Waals surface area contributed by atoms with Crippen molar-refractivity contribution in [3.05, 3.63) is 29.3 Å². The van der Waals surface area contributed by atoms with Crippen molar-refractivity contribution in [2.24, 2.45) is 5.92 Å². The van der Waals surface area contributed by atoms with Gasteiger partial charge in [0.25, 0.3) is 5.91 Å². The molecule has 100 valence electrons. The van der Waals surface area contributed by atoms with Crippen molar-refractivity contribution in [1.29, 1.82) is 0 Å². The third-order valence-electron chi connectivity index (χ3n) is 2.44. The lowest BCUT2D eigenvalue weighted by Gasteiger charge is -2.08. The third-order valence-corrected chi connectivity index (χ3v) is 2.44. The van der Waals surface area contributed by atoms with Crippen molar-refractivity contribution >= 4 is 5.91 Å². The zero-order chi connectivity index (χ0) is 13.5. The predicted octanol–water partition coefficient (Wildman–Crippen LogP) is 2.10. The summed E-state index contributed by atoms with van der Waals surface area (Å²) in [6.45, 7) is 7.63. The number of hydrogen-bond acceptors (Lipinski definition) is 3. The number of hydrogen-bond donors (Lipinski definition) is 2. The summed E-state index contributed by atoms with van der Waals surface area (Å²) in [5.74, 6) is 0.554. The van der Waals surface area contributed by atoms with E-state index in [0.29, 0.717) is 36.8 Å². The summed E-state index contributed by atoms with van der Waals surface area (Å²) in [4.78, 5) is 11.8. The molecule has 4 heteroatoms. The van der Waals surface area contributed by atoms with Crippen LogP contribution >= 0.6 is 0 Å². The molecule has 1 aromatic carbocycles. The molecule has 0 radical (unpaired) electrons. The van der Waals surface area contributed by atoms with E-state index in [2.05, 4.69) is 19.2 Å². The van der Waals surface area contributed by atoms with E-state index in [0.717, 1.165) is 0 Å². The Morgan fingerprint density at radius 3 is 2.78 bits per heavy atom. The van der Waals surface area contributed by atoms with Gasteiger partial charge in [0.2, 0.25) is 0 Å². The van der Waals surface area contributed by atoms with E-state index in [9.17, 15) is 9.90 Å². The molecule has 0 saturated heterocycles. The summed E-state index contributed by atoms with van der Waals surface area (Å²) in [5.41, 5.74) is 1.24. The van der Waals surface area contributed by atoms with Gasteiger partial charge in [-0.15, -0.1) is 0 Å². The largest absolute Gasteiger partial charge is 0.508 e. The number of aryl methyl sites for hydroxylation is 1. The lowest BCUT2D eigenvalue weighted by molar-refractivity contribution is 0.0886. The van der Waals surface area contributed by atoms with Crippen LogP contribution < -0.4 is 5.32 Å². The quantitative estimate of drug-likeness (QED) is 0.761. The molecule has 0 aromatic heterocycles. The summed E-state index contributed by atoms with van der Waals surface area (Å²) in [6, 6.07) is 4.80. The van der Waals surface area contributed by atoms with Gasteiger partial charge in [0, 0.05) is 18.7 Å². The van der Waals surface area contributed by atoms with Crippen LogP contribution in [0.25, 0.3) is 0 Å². The lowest BCUT2D eigenvalue weighted by atomic mass is 10.1. The van der Waals surface area contributed by atoms with E-state index in [1.54, 1.807) is 19.1 Å². The van der Waals surface area contributed by atoms with Gasteiger partial charge in [-0.3, -0.25) is 4.79 Å². The molecule has 0 heterocycles. The molecular formula is C14H21NO3. The number of nitrogens with one attached hydrogen (secondary N) is 1. The van der Waals surface area contributed by atoms with Crippen molar-refractivity contribution in [2.45, 2.75) is 20.8 Å². The Bertz CT molecular complexity index is 402. The minimum atomic E-state index is -0.147. The molecule has 0 aliphatic rings. The number of aromatic hydroxyl groups is 1. The first-order valence-electron chi connectivity index (χ1n) is 6.16. The molecule has 0 saturated carbocycles. The normalized spacial score (nSPS) is 10.7. The molecule has 1 rings (SSSR count). The second-order valence-corrected chi connectivity index (χ2v) is 4.73. The zero-order valence-corrected chi connectivity index (χ0v) is 11.2. The molecule has 1 aromatic rings. The summed E-state index contributed by atoms with van der Waals surface area (Å²) >= 11 is 0. The van der Waals surface area contributed by atoms with Crippen molar-refractivity contribution < 1.29 is 14.6 Å². The first kappa shape index (κ1) is 14.5. The van der Waals surface area contributed by atoms with Gasteiger partial charge in [-0.2, -0.15) is 0 Å². The van der Waals surface area contributed by atoms with Gasteiger partial charge in [0.05, 0.1) is 6.61 Å². The molecule has 0 fully saturated rings. The number of rotatable bonds is 6. The van der Waals surface area contributed by atoms with Crippen molar-refractivity contribution in [3.8, 4) is 5.75 Å². The van der Waals surface area contributed by atoms with Crippen LogP contribution in [-0.2, 0) is 4.74 Å². The van der Waals surface area contributed by atoms with Gasteiger partial charge in [0.1, 0.15) is 5.75 Å². The molecule has 1 amide bonds. The first-order chi connectivity index (χ1) is 8.50. The molecule has 0 bridgehead atoms. The van der Waals surface area contributed by atoms with E-state index in [4.69, 9.17) is 4.74 Å². The van der Waals surface area contributed by atoms with Gasteiger partial charge in [-0.25, -0.2) is 0 Å². The molecule has 0 aliphatic carbocycles. The smallest absolute Gasteiger partial charge is 0.251 e. The monoisotopic (exact) mass is 251 g/mol. The minimum absolute atomic E-state index is 0.147. The summed E-state index contributed by atoms with van der Waals surface area (Å²) in [6.07, 6.45) is 0. The highest BCUT2D eigenvalue weighted by Crippen LogP contribution is 2.16. The van der Waals surface area contributed by atoms with Gasteiger partial charge in [0.15, 0.2) is 0 Å². The van der Waals surface area contributed by atoms with Crippen LogP contribution in [0.1, 0.15) is 29.8 Å². The SMILES string of the molecule is Cc1cc(C(=O)NCCOCC(C)C)ccc1O. The first-order valence-corrected chi connectivity index (χ1v) is 6.16. The Kier molecular flexibility index (Phi) is 5.65. The van der Waals surface area contributed by atoms with E-state index >= 15 is 0 Å². The van der Waals surface area contributed by atoms with Crippen molar-refractivity contribution in [3.63, 3.8) is 0 Å². The average molecular weight is 251 g/mol. The number of phenolic OH excluding ortho intramolecular Hbond substituents is 1. The van der Waals surface area contributed by atoms with Crippen molar-refractivity contribution in [1.82, 2.24) is 5.32 Å². The van der Waals surface area contributed by atoms with Gasteiger partial charge >= 0.3 is 0 Å². The van der Waals surface area contributed by atoms with Crippen molar-refractivity contribution in [2.75, 3.05) is 19.8 Å². The number of ether oxygens (including phenoxy) is 1. The zero-order valence-electron chi connectivity index (χ0n) is 11.2. The Balaban J connectivity index is 2.34. The fourth-order valence-corrected chi connectivity index (χ4v) is 1.45. The van der Waals surface area contributed by atoms with Gasteiger partial charge in [-0.05, 0) is 36.6 Å². The topological polar surface area (TPSA) is 58.6 Å². The number of phenols is 1. The summed E-state index contributed by atoms with van der Waals surface area (Å²) < 4.78 is 5.37. The molecule has 18 heavy (non-hydrogen) atoms. The molecule has 0 atom stereocenters. The Morgan fingerprint density at radius 2 is 2.17 bits per heavy atom. The molecule has 0 aliphatic heterocycles. The van der Waals surface area contributed by atoms with E-state index < -0.39 is 0 Å². The van der Waals surface area contributed by atoms with E-state index in [1.165, 1.54) is 6.07 Å². The summed E-state index contributed by atoms with van der Waals surface area (Å²) in [7, 11) is 0. The van der Waals surface area contributed by atoms with E-state index in [-0.39, 0.29) is 11.7 Å². The predicted molar refractivity (Wildman–Crippen MR) is 70.8 cm³/mol. The van der Waals surface area contributed by atoms with Crippen LogP contribution in [0.15, 0.2) is 18.2 Å². The minimum Gasteiger partial charge on any atom is -0.508 e. The number of carbonyl (C=O) groups is 1. The maximum absolute atomic E-state index is 11.8. The van der Waals surface area contributed by atoms with Crippen LogP contribution in [0.4, 0.5) is 0 Å². The second-order valence-electron chi connectivity index (χ2n) is 4.73.